The first-order valence-corrected chi connectivity index (χ1v) is 7.60. The standard InChI is InChI=1S/C16H21N3O5/c1-16(2,8-7-14(21)22)19-15(23)17-10-3-5-11(6-4-10)24-13-9-12(20)18-13/h3-6,13H,7-9H2,1-2H3,(H,18,20)(H,21,22)(H2,17,19,23). The highest BCUT2D eigenvalue weighted by Crippen LogP contribution is 2.19. The van der Waals surface area contributed by atoms with E-state index in [4.69, 9.17) is 9.84 Å². The second kappa shape index (κ2) is 7.20. The maximum atomic E-state index is 12.0. The number of β-lactam (4-membered cyclic amide) rings is 1. The van der Waals surface area contributed by atoms with Crippen LogP contribution >= 0.6 is 0 Å². The predicted octanol–water partition coefficient (Wildman–Crippen LogP) is 1.68. The van der Waals surface area contributed by atoms with Crippen molar-refractivity contribution in [3.8, 4) is 5.75 Å². The predicted molar refractivity (Wildman–Crippen MR) is 86.7 cm³/mol. The van der Waals surface area contributed by atoms with E-state index in [1.54, 1.807) is 38.1 Å². The molecule has 2 rings (SSSR count). The third-order valence-corrected chi connectivity index (χ3v) is 3.50. The topological polar surface area (TPSA) is 117 Å². The van der Waals surface area contributed by atoms with Gasteiger partial charge in [0.05, 0.1) is 6.42 Å². The summed E-state index contributed by atoms with van der Waals surface area (Å²) in [4.78, 5) is 33.4. The molecule has 24 heavy (non-hydrogen) atoms. The summed E-state index contributed by atoms with van der Waals surface area (Å²) >= 11 is 0. The SMILES string of the molecule is CC(C)(CCC(=O)O)NC(=O)Nc1ccc(OC2CC(=O)N2)cc1. The molecule has 8 heteroatoms. The third-order valence-electron chi connectivity index (χ3n) is 3.50. The Morgan fingerprint density at radius 2 is 1.96 bits per heavy atom. The van der Waals surface area contributed by atoms with Crippen LogP contribution in [0, 0.1) is 0 Å². The number of nitrogens with one attached hydrogen (secondary N) is 3. The van der Waals surface area contributed by atoms with Gasteiger partial charge in [0, 0.05) is 17.6 Å². The number of carboxylic acids is 1. The van der Waals surface area contributed by atoms with Crippen LogP contribution in [0.5, 0.6) is 5.75 Å². The zero-order valence-corrected chi connectivity index (χ0v) is 13.6. The monoisotopic (exact) mass is 335 g/mol. The van der Waals surface area contributed by atoms with Gasteiger partial charge in [0.2, 0.25) is 5.91 Å². The van der Waals surface area contributed by atoms with Gasteiger partial charge in [0.25, 0.3) is 0 Å². The van der Waals surface area contributed by atoms with Crippen molar-refractivity contribution in [2.75, 3.05) is 5.32 Å². The summed E-state index contributed by atoms with van der Waals surface area (Å²) in [6.45, 7) is 3.53. The average Bonchev–Trinajstić information content (AvgIpc) is 2.45. The van der Waals surface area contributed by atoms with Crippen LogP contribution in [0.1, 0.15) is 33.1 Å². The minimum absolute atomic E-state index is 0.0168. The van der Waals surface area contributed by atoms with Crippen molar-refractivity contribution in [1.82, 2.24) is 10.6 Å². The van der Waals surface area contributed by atoms with Gasteiger partial charge >= 0.3 is 12.0 Å². The molecular formula is C16H21N3O5. The van der Waals surface area contributed by atoms with Gasteiger partial charge in [-0.2, -0.15) is 0 Å². The average molecular weight is 335 g/mol. The maximum Gasteiger partial charge on any atom is 0.319 e. The molecule has 0 radical (unpaired) electrons. The first kappa shape index (κ1) is 17.6. The third kappa shape index (κ3) is 5.45. The molecule has 0 aliphatic carbocycles. The molecule has 8 nitrogen and oxygen atoms in total. The number of aliphatic carboxylic acids is 1. The molecule has 1 aromatic carbocycles. The summed E-state index contributed by atoms with van der Waals surface area (Å²) in [5.74, 6) is -0.350. The van der Waals surface area contributed by atoms with Crippen LogP contribution in [0.2, 0.25) is 0 Å². The van der Waals surface area contributed by atoms with E-state index in [1.165, 1.54) is 0 Å². The summed E-state index contributed by atoms with van der Waals surface area (Å²) in [6, 6.07) is 6.33. The van der Waals surface area contributed by atoms with Gasteiger partial charge in [-0.1, -0.05) is 0 Å². The fraction of sp³-hybridized carbons (Fsp3) is 0.438. The van der Waals surface area contributed by atoms with E-state index in [-0.39, 0.29) is 18.6 Å². The summed E-state index contributed by atoms with van der Waals surface area (Å²) < 4.78 is 5.50. The molecule has 1 heterocycles. The van der Waals surface area contributed by atoms with Crippen LogP contribution in [-0.4, -0.2) is 34.8 Å². The van der Waals surface area contributed by atoms with E-state index in [0.29, 0.717) is 24.3 Å². The van der Waals surface area contributed by atoms with Crippen LogP contribution in [0.4, 0.5) is 10.5 Å². The van der Waals surface area contributed by atoms with E-state index in [2.05, 4.69) is 16.0 Å². The van der Waals surface area contributed by atoms with Gasteiger partial charge in [-0.25, -0.2) is 4.79 Å². The van der Waals surface area contributed by atoms with Crippen molar-refractivity contribution in [3.05, 3.63) is 24.3 Å². The summed E-state index contributed by atoms with van der Waals surface area (Å²) in [5, 5.41) is 16.7. The Bertz CT molecular complexity index is 619. The normalized spacial score (nSPS) is 16.6. The highest BCUT2D eigenvalue weighted by molar-refractivity contribution is 5.89. The minimum atomic E-state index is -0.900. The van der Waals surface area contributed by atoms with Crippen LogP contribution in [0.15, 0.2) is 24.3 Å². The molecule has 1 aromatic rings. The fourth-order valence-corrected chi connectivity index (χ4v) is 2.13. The smallest absolute Gasteiger partial charge is 0.319 e. The lowest BCUT2D eigenvalue weighted by Crippen LogP contribution is -2.51. The highest BCUT2D eigenvalue weighted by atomic mass is 16.5. The molecule has 0 spiro atoms. The van der Waals surface area contributed by atoms with Crippen molar-refractivity contribution in [1.29, 1.82) is 0 Å². The number of amides is 3. The van der Waals surface area contributed by atoms with Crippen molar-refractivity contribution in [2.24, 2.45) is 0 Å². The maximum absolute atomic E-state index is 12.0. The largest absolute Gasteiger partial charge is 0.481 e. The Balaban J connectivity index is 1.80. The number of benzene rings is 1. The summed E-state index contributed by atoms with van der Waals surface area (Å²) in [7, 11) is 0. The molecule has 1 unspecified atom stereocenters. The fourth-order valence-electron chi connectivity index (χ4n) is 2.13. The molecule has 1 atom stereocenters. The number of carbonyl (C=O) groups is 3. The molecule has 1 saturated heterocycles. The van der Waals surface area contributed by atoms with Crippen molar-refractivity contribution in [2.45, 2.75) is 44.9 Å². The lowest BCUT2D eigenvalue weighted by atomic mass is 9.99. The number of hydrogen-bond acceptors (Lipinski definition) is 4. The minimum Gasteiger partial charge on any atom is -0.481 e. The second-order valence-corrected chi connectivity index (χ2v) is 6.26. The van der Waals surface area contributed by atoms with Crippen molar-refractivity contribution in [3.63, 3.8) is 0 Å². The molecule has 130 valence electrons. The molecule has 4 N–H and O–H groups in total. The first-order chi connectivity index (χ1) is 11.2. The van der Waals surface area contributed by atoms with Gasteiger partial charge in [-0.3, -0.25) is 9.59 Å². The van der Waals surface area contributed by atoms with Crippen molar-refractivity contribution >= 4 is 23.6 Å². The van der Waals surface area contributed by atoms with Gasteiger partial charge in [0.15, 0.2) is 6.23 Å². The number of anilines is 1. The molecule has 0 saturated carbocycles. The lowest BCUT2D eigenvalue weighted by Gasteiger charge is -2.27. The highest BCUT2D eigenvalue weighted by Gasteiger charge is 2.26. The Hall–Kier alpha value is -2.77. The van der Waals surface area contributed by atoms with E-state index >= 15 is 0 Å². The number of carbonyl (C=O) groups excluding carboxylic acids is 2. The lowest BCUT2D eigenvalue weighted by molar-refractivity contribution is -0.137. The number of urea groups is 1. The zero-order chi connectivity index (χ0) is 17.7. The molecule has 1 fully saturated rings. The van der Waals surface area contributed by atoms with Crippen molar-refractivity contribution < 1.29 is 24.2 Å². The molecule has 3 amide bonds. The zero-order valence-electron chi connectivity index (χ0n) is 13.6. The van der Waals surface area contributed by atoms with E-state index < -0.39 is 17.5 Å². The number of ether oxygens (including phenoxy) is 1. The van der Waals surface area contributed by atoms with Gasteiger partial charge in [0.1, 0.15) is 5.75 Å². The molecule has 1 aliphatic rings. The molecule has 0 bridgehead atoms. The quantitative estimate of drug-likeness (QED) is 0.566. The van der Waals surface area contributed by atoms with Crippen LogP contribution in [-0.2, 0) is 9.59 Å². The first-order valence-electron chi connectivity index (χ1n) is 7.60. The van der Waals surface area contributed by atoms with E-state index in [9.17, 15) is 14.4 Å². The molecule has 1 aliphatic heterocycles. The Labute approximate surface area is 139 Å². The second-order valence-electron chi connectivity index (χ2n) is 6.26. The Morgan fingerprint density at radius 3 is 2.50 bits per heavy atom. The van der Waals surface area contributed by atoms with Gasteiger partial charge in [-0.15, -0.1) is 0 Å². The van der Waals surface area contributed by atoms with Gasteiger partial charge in [-0.05, 0) is 44.5 Å². The summed E-state index contributed by atoms with van der Waals surface area (Å²) in [6.07, 6.45) is 0.357. The number of hydrogen-bond donors (Lipinski definition) is 4. The van der Waals surface area contributed by atoms with Crippen LogP contribution < -0.4 is 20.7 Å². The van der Waals surface area contributed by atoms with E-state index in [1.807, 2.05) is 0 Å². The molecule has 0 aromatic heterocycles. The number of rotatable bonds is 7. The Kier molecular flexibility index (Phi) is 5.28. The van der Waals surface area contributed by atoms with Crippen LogP contribution in [0.25, 0.3) is 0 Å². The summed E-state index contributed by atoms with van der Waals surface area (Å²) in [5.41, 5.74) is -0.0555. The van der Waals surface area contributed by atoms with Crippen LogP contribution in [0.3, 0.4) is 0 Å². The Morgan fingerprint density at radius 1 is 1.33 bits per heavy atom. The molecular weight excluding hydrogens is 314 g/mol. The number of carboxylic acid groups (broad SMARTS) is 1. The van der Waals surface area contributed by atoms with Gasteiger partial charge < -0.3 is 25.8 Å². The van der Waals surface area contributed by atoms with E-state index in [0.717, 1.165) is 0 Å².